The van der Waals surface area contributed by atoms with Gasteiger partial charge in [0.2, 0.25) is 0 Å². The Morgan fingerprint density at radius 3 is 2.82 bits per heavy atom. The highest BCUT2D eigenvalue weighted by Gasteiger charge is 2.14. The zero-order chi connectivity index (χ0) is 15.7. The van der Waals surface area contributed by atoms with Crippen LogP contribution in [0.5, 0.6) is 5.19 Å². The number of hydrogen-bond acceptors (Lipinski definition) is 6. The highest BCUT2D eigenvalue weighted by atomic mass is 79.9. The SMILES string of the molecule is Cc1cnc(OCc2c(Br)cccc2-n2nnn(C)c2=O)s1. The summed E-state index contributed by atoms with van der Waals surface area (Å²) in [5.41, 5.74) is 1.11. The minimum atomic E-state index is -0.315. The Labute approximate surface area is 138 Å². The van der Waals surface area contributed by atoms with E-state index >= 15 is 0 Å². The summed E-state index contributed by atoms with van der Waals surface area (Å²) < 4.78 is 8.96. The maximum absolute atomic E-state index is 12.0. The van der Waals surface area contributed by atoms with Crippen LogP contribution in [0.25, 0.3) is 5.69 Å². The van der Waals surface area contributed by atoms with Crippen molar-refractivity contribution in [3.63, 3.8) is 0 Å². The second-order valence-corrected chi connectivity index (χ2v) is 6.61. The summed E-state index contributed by atoms with van der Waals surface area (Å²) in [7, 11) is 1.55. The molecule has 0 amide bonds. The molecular weight excluding hydrogens is 370 g/mol. The Kier molecular flexibility index (Phi) is 4.08. The molecule has 2 heterocycles. The van der Waals surface area contributed by atoms with Crippen molar-refractivity contribution < 1.29 is 4.74 Å². The predicted octanol–water partition coefficient (Wildman–Crippen LogP) is 2.07. The molecule has 0 atom stereocenters. The summed E-state index contributed by atoms with van der Waals surface area (Å²) in [6.07, 6.45) is 1.76. The van der Waals surface area contributed by atoms with Gasteiger partial charge in [-0.1, -0.05) is 33.3 Å². The molecular formula is C13H12BrN5O2S. The first kappa shape index (κ1) is 14.9. The first-order valence-electron chi connectivity index (χ1n) is 6.38. The van der Waals surface area contributed by atoms with Crippen LogP contribution in [0, 0.1) is 6.92 Å². The van der Waals surface area contributed by atoms with E-state index in [2.05, 4.69) is 31.3 Å². The summed E-state index contributed by atoms with van der Waals surface area (Å²) in [5, 5.41) is 8.20. The molecule has 0 radical (unpaired) electrons. The molecule has 0 unspecified atom stereocenters. The highest BCUT2D eigenvalue weighted by Crippen LogP contribution is 2.26. The van der Waals surface area contributed by atoms with E-state index < -0.39 is 0 Å². The number of nitrogens with zero attached hydrogens (tertiary/aromatic N) is 5. The van der Waals surface area contributed by atoms with Gasteiger partial charge in [0.1, 0.15) is 6.61 Å². The number of aromatic nitrogens is 5. The van der Waals surface area contributed by atoms with Crippen LogP contribution in [0.1, 0.15) is 10.4 Å². The fourth-order valence-corrected chi connectivity index (χ4v) is 2.96. The second kappa shape index (κ2) is 6.01. The van der Waals surface area contributed by atoms with Crippen LogP contribution in [0.2, 0.25) is 0 Å². The van der Waals surface area contributed by atoms with E-state index in [0.717, 1.165) is 14.9 Å². The van der Waals surface area contributed by atoms with Crippen LogP contribution < -0.4 is 10.4 Å². The smallest absolute Gasteiger partial charge is 0.368 e. The third kappa shape index (κ3) is 2.81. The quantitative estimate of drug-likeness (QED) is 0.691. The van der Waals surface area contributed by atoms with E-state index in [-0.39, 0.29) is 12.3 Å². The third-order valence-electron chi connectivity index (χ3n) is 2.98. The van der Waals surface area contributed by atoms with Crippen LogP contribution in [0.4, 0.5) is 0 Å². The maximum Gasteiger partial charge on any atom is 0.368 e. The van der Waals surface area contributed by atoms with E-state index in [9.17, 15) is 4.79 Å². The van der Waals surface area contributed by atoms with Gasteiger partial charge in [-0.15, -0.1) is 0 Å². The molecule has 0 saturated heterocycles. The number of hydrogen-bond donors (Lipinski definition) is 0. The van der Waals surface area contributed by atoms with Crippen molar-refractivity contribution in [3.8, 4) is 10.9 Å². The molecule has 9 heteroatoms. The minimum absolute atomic E-state index is 0.271. The van der Waals surface area contributed by atoms with E-state index in [1.165, 1.54) is 20.7 Å². The van der Waals surface area contributed by atoms with Crippen molar-refractivity contribution in [2.75, 3.05) is 0 Å². The molecule has 0 bridgehead atoms. The van der Waals surface area contributed by atoms with Crippen molar-refractivity contribution in [1.29, 1.82) is 0 Å². The third-order valence-corrected chi connectivity index (χ3v) is 4.55. The molecule has 3 aromatic rings. The van der Waals surface area contributed by atoms with Crippen LogP contribution >= 0.6 is 27.3 Å². The molecule has 0 N–H and O–H groups in total. The minimum Gasteiger partial charge on any atom is -0.465 e. The Hall–Kier alpha value is -2.00. The fraction of sp³-hybridized carbons (Fsp3) is 0.231. The van der Waals surface area contributed by atoms with Gasteiger partial charge in [0.25, 0.3) is 5.19 Å². The van der Waals surface area contributed by atoms with Gasteiger partial charge in [-0.25, -0.2) is 9.78 Å². The first-order chi connectivity index (χ1) is 10.6. The molecule has 7 nitrogen and oxygen atoms in total. The number of aryl methyl sites for hydroxylation is 2. The van der Waals surface area contributed by atoms with Gasteiger partial charge in [0, 0.05) is 28.2 Å². The lowest BCUT2D eigenvalue weighted by Crippen LogP contribution is -2.23. The molecule has 1 aromatic carbocycles. The molecule has 0 aliphatic rings. The van der Waals surface area contributed by atoms with Crippen molar-refractivity contribution in [3.05, 3.63) is 49.8 Å². The number of rotatable bonds is 4. The summed E-state index contributed by atoms with van der Waals surface area (Å²) >= 11 is 4.96. The molecule has 0 saturated carbocycles. The fourth-order valence-electron chi connectivity index (χ4n) is 1.89. The lowest BCUT2D eigenvalue weighted by Gasteiger charge is -2.10. The number of ether oxygens (including phenoxy) is 1. The molecule has 2 aromatic heterocycles. The molecule has 0 aliphatic heterocycles. The highest BCUT2D eigenvalue weighted by molar-refractivity contribution is 9.10. The van der Waals surface area contributed by atoms with Gasteiger partial charge in [0.05, 0.1) is 5.69 Å². The van der Waals surface area contributed by atoms with Crippen molar-refractivity contribution in [2.45, 2.75) is 13.5 Å². The van der Waals surface area contributed by atoms with Crippen LogP contribution in [0.15, 0.2) is 33.7 Å². The zero-order valence-corrected chi connectivity index (χ0v) is 14.3. The normalized spacial score (nSPS) is 10.9. The van der Waals surface area contributed by atoms with Crippen molar-refractivity contribution in [2.24, 2.45) is 7.05 Å². The molecule has 3 rings (SSSR count). The topological polar surface area (TPSA) is 74.8 Å². The second-order valence-electron chi connectivity index (χ2n) is 4.56. The molecule has 22 heavy (non-hydrogen) atoms. The van der Waals surface area contributed by atoms with Gasteiger partial charge < -0.3 is 4.74 Å². The van der Waals surface area contributed by atoms with Gasteiger partial charge in [-0.2, -0.15) is 9.36 Å². The molecule has 0 fully saturated rings. The van der Waals surface area contributed by atoms with E-state index in [1.807, 2.05) is 19.1 Å². The summed E-state index contributed by atoms with van der Waals surface area (Å²) in [6.45, 7) is 2.24. The van der Waals surface area contributed by atoms with Crippen molar-refractivity contribution >= 4 is 27.3 Å². The number of halogens is 1. The predicted molar refractivity (Wildman–Crippen MR) is 85.5 cm³/mol. The van der Waals surface area contributed by atoms with Gasteiger partial charge >= 0.3 is 5.69 Å². The Balaban J connectivity index is 1.96. The van der Waals surface area contributed by atoms with Gasteiger partial charge in [0.15, 0.2) is 0 Å². The van der Waals surface area contributed by atoms with Gasteiger partial charge in [-0.05, 0) is 29.5 Å². The standard InChI is InChI=1S/C13H12BrN5O2S/c1-8-6-15-12(22-8)21-7-9-10(14)4-3-5-11(9)19-13(20)18(2)16-17-19/h3-6H,7H2,1-2H3. The number of tetrazole rings is 1. The monoisotopic (exact) mass is 381 g/mol. The largest absolute Gasteiger partial charge is 0.465 e. The summed E-state index contributed by atoms with van der Waals surface area (Å²) in [6, 6.07) is 5.51. The Bertz CT molecular complexity index is 869. The lowest BCUT2D eigenvalue weighted by atomic mass is 10.2. The van der Waals surface area contributed by atoms with Crippen LogP contribution in [-0.2, 0) is 13.7 Å². The molecule has 0 spiro atoms. The average molecular weight is 382 g/mol. The summed E-state index contributed by atoms with van der Waals surface area (Å²) in [5.74, 6) is 0. The maximum atomic E-state index is 12.0. The van der Waals surface area contributed by atoms with Crippen LogP contribution in [0.3, 0.4) is 0 Å². The Morgan fingerprint density at radius 1 is 1.36 bits per heavy atom. The summed E-state index contributed by atoms with van der Waals surface area (Å²) in [4.78, 5) is 17.3. The average Bonchev–Trinajstić information content (AvgIpc) is 3.05. The first-order valence-corrected chi connectivity index (χ1v) is 7.99. The zero-order valence-electron chi connectivity index (χ0n) is 11.9. The van der Waals surface area contributed by atoms with E-state index in [0.29, 0.717) is 10.9 Å². The van der Waals surface area contributed by atoms with E-state index in [1.54, 1.807) is 19.3 Å². The number of benzene rings is 1. The van der Waals surface area contributed by atoms with Crippen LogP contribution in [-0.4, -0.2) is 24.8 Å². The lowest BCUT2D eigenvalue weighted by molar-refractivity contribution is 0.303. The van der Waals surface area contributed by atoms with E-state index in [4.69, 9.17) is 4.74 Å². The van der Waals surface area contributed by atoms with Gasteiger partial charge in [-0.3, -0.25) is 0 Å². The molecule has 0 aliphatic carbocycles. The Morgan fingerprint density at radius 2 is 2.18 bits per heavy atom. The van der Waals surface area contributed by atoms with Crippen molar-refractivity contribution in [1.82, 2.24) is 24.8 Å². The molecule has 114 valence electrons. The number of thiazole rings is 1.